The summed E-state index contributed by atoms with van der Waals surface area (Å²) >= 11 is 0. The summed E-state index contributed by atoms with van der Waals surface area (Å²) in [4.78, 5) is 11.4. The lowest BCUT2D eigenvalue weighted by Gasteiger charge is -2.32. The van der Waals surface area contributed by atoms with Gasteiger partial charge < -0.3 is 10.4 Å². The van der Waals surface area contributed by atoms with Crippen molar-refractivity contribution in [2.24, 2.45) is 11.3 Å². The van der Waals surface area contributed by atoms with Crippen LogP contribution >= 0.6 is 0 Å². The highest BCUT2D eigenvalue weighted by Crippen LogP contribution is 2.31. The lowest BCUT2D eigenvalue weighted by molar-refractivity contribution is -0.140. The smallest absolute Gasteiger partial charge is 0.320 e. The van der Waals surface area contributed by atoms with Gasteiger partial charge in [0.2, 0.25) is 0 Å². The number of hydrogen-bond acceptors (Lipinski definition) is 2. The lowest BCUT2D eigenvalue weighted by atomic mass is 9.76. The van der Waals surface area contributed by atoms with Crippen molar-refractivity contribution in [1.82, 2.24) is 5.32 Å². The van der Waals surface area contributed by atoms with E-state index in [0.29, 0.717) is 18.9 Å². The fourth-order valence-corrected chi connectivity index (χ4v) is 1.85. The summed E-state index contributed by atoms with van der Waals surface area (Å²) in [6.45, 7) is 9.10. The number of carboxylic acids is 1. The number of hydrogen-bond donors (Lipinski definition) is 2. The largest absolute Gasteiger partial charge is 0.480 e. The fraction of sp³-hybridized carbons (Fsp3) is 0.562. The average Bonchev–Trinajstić information content (AvgIpc) is 2.35. The normalized spacial score (nSPS) is 13.5. The van der Waals surface area contributed by atoms with Crippen LogP contribution in [0.25, 0.3) is 0 Å². The predicted octanol–water partition coefficient (Wildman–Crippen LogP) is 3.30. The van der Waals surface area contributed by atoms with Crippen LogP contribution in [0.1, 0.15) is 39.7 Å². The standard InChI is InChI=1S/C16H25NO2/c1-12(2)16(3,4)10-14(15(18)19)17-11-13-8-6-5-7-9-13/h5-9,12,14,17H,10-11H2,1-4H3,(H,18,19). The Bertz CT molecular complexity index is 398. The maximum atomic E-state index is 11.4. The van der Waals surface area contributed by atoms with Crippen molar-refractivity contribution in [3.05, 3.63) is 35.9 Å². The van der Waals surface area contributed by atoms with E-state index in [1.165, 1.54) is 0 Å². The van der Waals surface area contributed by atoms with E-state index in [9.17, 15) is 9.90 Å². The summed E-state index contributed by atoms with van der Waals surface area (Å²) in [5.74, 6) is -0.322. The number of rotatable bonds is 7. The first kappa shape index (κ1) is 15.7. The van der Waals surface area contributed by atoms with Crippen LogP contribution in [-0.2, 0) is 11.3 Å². The molecule has 0 saturated carbocycles. The lowest BCUT2D eigenvalue weighted by Crippen LogP contribution is -2.41. The second-order valence-corrected chi connectivity index (χ2v) is 6.10. The van der Waals surface area contributed by atoms with Gasteiger partial charge >= 0.3 is 5.97 Å². The number of carboxylic acid groups (broad SMARTS) is 1. The molecule has 2 N–H and O–H groups in total. The van der Waals surface area contributed by atoms with Crippen molar-refractivity contribution in [3.8, 4) is 0 Å². The third-order valence-electron chi connectivity index (χ3n) is 3.99. The van der Waals surface area contributed by atoms with E-state index in [-0.39, 0.29) is 5.41 Å². The van der Waals surface area contributed by atoms with Gasteiger partial charge in [0.1, 0.15) is 6.04 Å². The summed E-state index contributed by atoms with van der Waals surface area (Å²) in [6, 6.07) is 9.38. The average molecular weight is 263 g/mol. The maximum absolute atomic E-state index is 11.4. The second-order valence-electron chi connectivity index (χ2n) is 6.10. The summed E-state index contributed by atoms with van der Waals surface area (Å²) in [6.07, 6.45) is 0.632. The Labute approximate surface area is 116 Å². The fourth-order valence-electron chi connectivity index (χ4n) is 1.85. The van der Waals surface area contributed by atoms with Gasteiger partial charge in [-0.25, -0.2) is 0 Å². The van der Waals surface area contributed by atoms with Gasteiger partial charge in [-0.1, -0.05) is 58.0 Å². The molecule has 1 atom stereocenters. The molecule has 0 bridgehead atoms. The minimum Gasteiger partial charge on any atom is -0.480 e. The topological polar surface area (TPSA) is 49.3 Å². The number of nitrogens with one attached hydrogen (secondary N) is 1. The van der Waals surface area contributed by atoms with Crippen LogP contribution in [0.4, 0.5) is 0 Å². The van der Waals surface area contributed by atoms with Crippen LogP contribution < -0.4 is 5.32 Å². The molecule has 0 aromatic heterocycles. The van der Waals surface area contributed by atoms with E-state index in [2.05, 4.69) is 33.0 Å². The van der Waals surface area contributed by atoms with Gasteiger partial charge in [0.05, 0.1) is 0 Å². The van der Waals surface area contributed by atoms with Crippen molar-refractivity contribution in [2.45, 2.75) is 46.7 Å². The Hall–Kier alpha value is -1.35. The molecule has 1 rings (SSSR count). The molecular formula is C16H25NO2. The van der Waals surface area contributed by atoms with Gasteiger partial charge in [0.15, 0.2) is 0 Å². The second kappa shape index (κ2) is 6.71. The number of aliphatic carboxylic acids is 1. The first-order chi connectivity index (χ1) is 8.83. The van der Waals surface area contributed by atoms with E-state index in [1.807, 2.05) is 30.3 Å². The molecular weight excluding hydrogens is 238 g/mol. The van der Waals surface area contributed by atoms with E-state index in [1.54, 1.807) is 0 Å². The molecule has 1 aromatic carbocycles. The maximum Gasteiger partial charge on any atom is 0.320 e. The van der Waals surface area contributed by atoms with Crippen molar-refractivity contribution in [3.63, 3.8) is 0 Å². The summed E-state index contributed by atoms with van der Waals surface area (Å²) in [5.41, 5.74) is 1.11. The molecule has 0 aliphatic rings. The molecule has 0 fully saturated rings. The van der Waals surface area contributed by atoms with Gasteiger partial charge in [0.25, 0.3) is 0 Å². The minimum absolute atomic E-state index is 0.00669. The summed E-state index contributed by atoms with van der Waals surface area (Å²) < 4.78 is 0. The van der Waals surface area contributed by atoms with E-state index >= 15 is 0 Å². The zero-order valence-electron chi connectivity index (χ0n) is 12.3. The molecule has 0 amide bonds. The molecule has 0 heterocycles. The Morgan fingerprint density at radius 1 is 1.26 bits per heavy atom. The highest BCUT2D eigenvalue weighted by molar-refractivity contribution is 5.73. The Morgan fingerprint density at radius 2 is 1.84 bits per heavy atom. The van der Waals surface area contributed by atoms with Crippen molar-refractivity contribution in [1.29, 1.82) is 0 Å². The Morgan fingerprint density at radius 3 is 2.32 bits per heavy atom. The molecule has 106 valence electrons. The molecule has 3 heteroatoms. The van der Waals surface area contributed by atoms with Crippen LogP contribution in [0, 0.1) is 11.3 Å². The van der Waals surface area contributed by atoms with Crippen molar-refractivity contribution in [2.75, 3.05) is 0 Å². The third-order valence-corrected chi connectivity index (χ3v) is 3.99. The van der Waals surface area contributed by atoms with Gasteiger partial charge in [-0.2, -0.15) is 0 Å². The highest BCUT2D eigenvalue weighted by Gasteiger charge is 2.29. The molecule has 0 radical (unpaired) electrons. The molecule has 1 aromatic rings. The zero-order chi connectivity index (χ0) is 14.5. The van der Waals surface area contributed by atoms with Gasteiger partial charge in [-0.05, 0) is 23.3 Å². The molecule has 0 aliphatic carbocycles. The molecule has 0 spiro atoms. The van der Waals surface area contributed by atoms with Crippen molar-refractivity contribution >= 4 is 5.97 Å². The minimum atomic E-state index is -0.773. The molecule has 3 nitrogen and oxygen atoms in total. The third kappa shape index (κ3) is 5.03. The van der Waals surface area contributed by atoms with Gasteiger partial charge in [-0.15, -0.1) is 0 Å². The van der Waals surface area contributed by atoms with Crippen LogP contribution in [0.3, 0.4) is 0 Å². The van der Waals surface area contributed by atoms with Crippen LogP contribution in [0.15, 0.2) is 30.3 Å². The molecule has 0 aliphatic heterocycles. The number of benzene rings is 1. The highest BCUT2D eigenvalue weighted by atomic mass is 16.4. The van der Waals surface area contributed by atoms with Crippen molar-refractivity contribution < 1.29 is 9.90 Å². The molecule has 1 unspecified atom stereocenters. The predicted molar refractivity (Wildman–Crippen MR) is 77.9 cm³/mol. The van der Waals surface area contributed by atoms with Crippen LogP contribution in [-0.4, -0.2) is 17.1 Å². The van der Waals surface area contributed by atoms with E-state index < -0.39 is 12.0 Å². The first-order valence-corrected chi connectivity index (χ1v) is 6.83. The van der Waals surface area contributed by atoms with Gasteiger partial charge in [0, 0.05) is 6.54 Å². The quantitative estimate of drug-likeness (QED) is 0.793. The summed E-state index contributed by atoms with van der Waals surface area (Å²) in [7, 11) is 0. The van der Waals surface area contributed by atoms with Crippen LogP contribution in [0.2, 0.25) is 0 Å². The SMILES string of the molecule is CC(C)C(C)(C)CC(NCc1ccccc1)C(=O)O. The molecule has 0 saturated heterocycles. The Balaban J connectivity index is 2.62. The first-order valence-electron chi connectivity index (χ1n) is 6.83. The zero-order valence-corrected chi connectivity index (χ0v) is 12.3. The van der Waals surface area contributed by atoms with Crippen LogP contribution in [0.5, 0.6) is 0 Å². The van der Waals surface area contributed by atoms with E-state index in [0.717, 1.165) is 5.56 Å². The summed E-state index contributed by atoms with van der Waals surface area (Å²) in [5, 5.41) is 12.5. The monoisotopic (exact) mass is 263 g/mol. The molecule has 19 heavy (non-hydrogen) atoms. The number of carbonyl (C=O) groups is 1. The Kier molecular flexibility index (Phi) is 5.55. The van der Waals surface area contributed by atoms with E-state index in [4.69, 9.17) is 0 Å². The van der Waals surface area contributed by atoms with Gasteiger partial charge in [-0.3, -0.25) is 4.79 Å².